The molecule has 1 aromatic rings. The predicted octanol–water partition coefficient (Wildman–Crippen LogP) is 3.95. The zero-order valence-corrected chi connectivity index (χ0v) is 12.2. The first-order chi connectivity index (χ1) is 9.54. The van der Waals surface area contributed by atoms with Gasteiger partial charge in [-0.1, -0.05) is 25.1 Å². The second kappa shape index (κ2) is 4.48. The van der Waals surface area contributed by atoms with Crippen molar-refractivity contribution in [3.63, 3.8) is 0 Å². The Labute approximate surface area is 120 Å². The third-order valence-corrected chi connectivity index (χ3v) is 4.35. The van der Waals surface area contributed by atoms with E-state index in [4.69, 9.17) is 0 Å². The second-order valence-electron chi connectivity index (χ2n) is 5.95. The fourth-order valence-electron chi connectivity index (χ4n) is 3.37. The van der Waals surface area contributed by atoms with Gasteiger partial charge in [0.1, 0.15) is 0 Å². The molecular weight excluding hydrogens is 244 g/mol. The lowest BCUT2D eigenvalue weighted by molar-refractivity contribution is 0.509. The van der Waals surface area contributed by atoms with E-state index < -0.39 is 0 Å². The summed E-state index contributed by atoms with van der Waals surface area (Å²) in [6.07, 6.45) is 6.92. The van der Waals surface area contributed by atoms with Crippen LogP contribution in [0.4, 0.5) is 0 Å². The Hall–Kier alpha value is -2.09. The van der Waals surface area contributed by atoms with Crippen molar-refractivity contribution in [3.05, 3.63) is 66.2 Å². The molecule has 0 saturated carbocycles. The van der Waals surface area contributed by atoms with E-state index in [9.17, 15) is 0 Å². The number of allylic oxidation sites excluding steroid dienone is 4. The molecule has 20 heavy (non-hydrogen) atoms. The highest BCUT2D eigenvalue weighted by atomic mass is 14.9. The molecule has 3 rings (SSSR count). The van der Waals surface area contributed by atoms with Crippen molar-refractivity contribution in [1.82, 2.24) is 10.3 Å². The van der Waals surface area contributed by atoms with E-state index >= 15 is 0 Å². The number of nitrogens with zero attached hydrogens (tertiary/aromatic N) is 1. The van der Waals surface area contributed by atoms with Gasteiger partial charge < -0.3 is 5.32 Å². The summed E-state index contributed by atoms with van der Waals surface area (Å²) in [6.45, 7) is 13.7. The number of aromatic nitrogens is 1. The fourth-order valence-corrected chi connectivity index (χ4v) is 3.37. The van der Waals surface area contributed by atoms with Crippen LogP contribution in [-0.4, -0.2) is 11.5 Å². The number of rotatable bonds is 2. The molecule has 2 heteroatoms. The number of dihydropyridines is 1. The Morgan fingerprint density at radius 3 is 3.05 bits per heavy atom. The number of hydrogen-bond acceptors (Lipinski definition) is 2. The van der Waals surface area contributed by atoms with E-state index in [1.807, 2.05) is 18.5 Å². The van der Waals surface area contributed by atoms with Crippen LogP contribution in [0.25, 0.3) is 11.1 Å². The Morgan fingerprint density at radius 2 is 2.30 bits per heavy atom. The molecule has 1 aromatic heterocycles. The maximum Gasteiger partial charge on any atom is 0.0778 e. The summed E-state index contributed by atoms with van der Waals surface area (Å²) in [7, 11) is 0. The lowest BCUT2D eigenvalue weighted by Gasteiger charge is -2.41. The lowest BCUT2D eigenvalue weighted by Crippen LogP contribution is -2.33. The molecule has 2 nitrogen and oxygen atoms in total. The van der Waals surface area contributed by atoms with Gasteiger partial charge in [0, 0.05) is 29.3 Å². The minimum absolute atomic E-state index is 0.0744. The summed E-state index contributed by atoms with van der Waals surface area (Å²) in [4.78, 5) is 4.58. The number of fused-ring (bicyclic) bond motifs is 2. The fraction of sp³-hybridized carbons (Fsp3) is 0.278. The van der Waals surface area contributed by atoms with E-state index in [2.05, 4.69) is 49.4 Å². The molecule has 1 aliphatic carbocycles. The molecule has 0 aromatic carbocycles. The highest BCUT2D eigenvalue weighted by Gasteiger charge is 2.40. The minimum atomic E-state index is -0.0744. The van der Waals surface area contributed by atoms with Crippen molar-refractivity contribution in [1.29, 1.82) is 0 Å². The Balaban J connectivity index is 2.26. The zero-order chi connectivity index (χ0) is 14.3. The summed E-state index contributed by atoms with van der Waals surface area (Å²) in [6, 6.07) is 4.11. The average Bonchev–Trinajstić information content (AvgIpc) is 2.45. The lowest BCUT2D eigenvalue weighted by atomic mass is 9.64. The Kier molecular flexibility index (Phi) is 2.89. The van der Waals surface area contributed by atoms with Crippen molar-refractivity contribution < 1.29 is 0 Å². The van der Waals surface area contributed by atoms with Crippen LogP contribution in [0.2, 0.25) is 0 Å². The summed E-state index contributed by atoms with van der Waals surface area (Å²) in [5.74, 6) is 0. The maximum atomic E-state index is 4.58. The number of nitrogens with one attached hydrogen (secondary N) is 1. The maximum absolute atomic E-state index is 4.58. The van der Waals surface area contributed by atoms with Crippen molar-refractivity contribution in [3.8, 4) is 0 Å². The molecule has 2 heterocycles. The van der Waals surface area contributed by atoms with Gasteiger partial charge in [-0.2, -0.15) is 0 Å². The molecule has 1 atom stereocenters. The third-order valence-electron chi connectivity index (χ3n) is 4.35. The van der Waals surface area contributed by atoms with Crippen LogP contribution < -0.4 is 5.32 Å². The van der Waals surface area contributed by atoms with E-state index in [1.165, 1.54) is 22.3 Å². The molecule has 0 spiro atoms. The van der Waals surface area contributed by atoms with E-state index in [1.54, 1.807) is 0 Å². The summed E-state index contributed by atoms with van der Waals surface area (Å²) >= 11 is 0. The topological polar surface area (TPSA) is 24.9 Å². The first-order valence-corrected chi connectivity index (χ1v) is 6.97. The van der Waals surface area contributed by atoms with E-state index in [0.29, 0.717) is 0 Å². The molecule has 102 valence electrons. The van der Waals surface area contributed by atoms with E-state index in [0.717, 1.165) is 24.2 Å². The second-order valence-corrected chi connectivity index (χ2v) is 5.95. The SMILES string of the molecule is C=C(C)CC1(C)C(=C)c2cccnc2C2=C1CNC=C2. The smallest absolute Gasteiger partial charge is 0.0778 e. The standard InChI is InChI=1S/C18H20N2/c1-12(2)10-18(4)13(3)14-6-5-8-20-17(14)15-7-9-19-11-16(15)18/h5-9,19H,1,3,10-11H2,2,4H3. The van der Waals surface area contributed by atoms with Crippen LogP contribution >= 0.6 is 0 Å². The predicted molar refractivity (Wildman–Crippen MR) is 84.9 cm³/mol. The highest BCUT2D eigenvalue weighted by molar-refractivity contribution is 5.92. The highest BCUT2D eigenvalue weighted by Crippen LogP contribution is 2.52. The number of pyridine rings is 1. The van der Waals surface area contributed by atoms with Gasteiger partial charge in [-0.25, -0.2) is 0 Å². The minimum Gasteiger partial charge on any atom is -0.387 e. The van der Waals surface area contributed by atoms with Gasteiger partial charge >= 0.3 is 0 Å². The van der Waals surface area contributed by atoms with E-state index in [-0.39, 0.29) is 5.41 Å². The molecule has 0 amide bonds. The molecule has 1 aliphatic heterocycles. The van der Waals surface area contributed by atoms with Gasteiger partial charge in [-0.3, -0.25) is 4.98 Å². The van der Waals surface area contributed by atoms with Gasteiger partial charge in [-0.05, 0) is 42.8 Å². The zero-order valence-electron chi connectivity index (χ0n) is 12.2. The number of hydrogen-bond donors (Lipinski definition) is 1. The molecule has 0 saturated heterocycles. The molecule has 0 bridgehead atoms. The molecule has 1 unspecified atom stereocenters. The molecule has 0 fully saturated rings. The third kappa shape index (κ3) is 1.75. The van der Waals surface area contributed by atoms with Gasteiger partial charge in [-0.15, -0.1) is 6.58 Å². The average molecular weight is 264 g/mol. The summed E-state index contributed by atoms with van der Waals surface area (Å²) < 4.78 is 0. The first kappa shape index (κ1) is 12.9. The van der Waals surface area contributed by atoms with Gasteiger partial charge in [0.25, 0.3) is 0 Å². The van der Waals surface area contributed by atoms with Gasteiger partial charge in [0.2, 0.25) is 0 Å². The Bertz CT molecular complexity index is 664. The van der Waals surface area contributed by atoms with Crippen molar-refractivity contribution >= 4 is 11.1 Å². The normalized spacial score (nSPS) is 24.0. The summed E-state index contributed by atoms with van der Waals surface area (Å²) in [5.41, 5.74) is 7.11. The van der Waals surface area contributed by atoms with Crippen LogP contribution in [0, 0.1) is 5.41 Å². The molecule has 1 N–H and O–H groups in total. The van der Waals surface area contributed by atoms with Crippen molar-refractivity contribution in [2.75, 3.05) is 6.54 Å². The monoisotopic (exact) mass is 264 g/mol. The van der Waals surface area contributed by atoms with Crippen LogP contribution in [0.3, 0.4) is 0 Å². The molecule has 2 aliphatic rings. The summed E-state index contributed by atoms with van der Waals surface area (Å²) in [5, 5.41) is 3.33. The van der Waals surface area contributed by atoms with Crippen molar-refractivity contribution in [2.45, 2.75) is 20.3 Å². The molecular formula is C18H20N2. The Morgan fingerprint density at radius 1 is 1.50 bits per heavy atom. The van der Waals surface area contributed by atoms with Crippen LogP contribution in [0.1, 0.15) is 31.5 Å². The largest absolute Gasteiger partial charge is 0.387 e. The van der Waals surface area contributed by atoms with Crippen LogP contribution in [-0.2, 0) is 0 Å². The first-order valence-electron chi connectivity index (χ1n) is 6.97. The van der Waals surface area contributed by atoms with Crippen molar-refractivity contribution in [2.24, 2.45) is 5.41 Å². The van der Waals surface area contributed by atoms with Gasteiger partial charge in [0.15, 0.2) is 0 Å². The van der Waals surface area contributed by atoms with Crippen LogP contribution in [0.5, 0.6) is 0 Å². The van der Waals surface area contributed by atoms with Gasteiger partial charge in [0.05, 0.1) is 5.69 Å². The quantitative estimate of drug-likeness (QED) is 0.818. The van der Waals surface area contributed by atoms with Crippen LogP contribution in [0.15, 0.2) is 54.9 Å². The molecule has 0 radical (unpaired) electrons.